The molecule has 0 unspecified atom stereocenters. The van der Waals surface area contributed by atoms with Gasteiger partial charge in [0, 0.05) is 19.3 Å². The van der Waals surface area contributed by atoms with E-state index in [0.717, 1.165) is 5.69 Å². The van der Waals surface area contributed by atoms with Crippen LogP contribution in [0.25, 0.3) is 5.82 Å². The number of hydrogen-bond donors (Lipinski definition) is 2. The largest absolute Gasteiger partial charge is 0.351 e. The van der Waals surface area contributed by atoms with Crippen LogP contribution < -0.4 is 11.1 Å². The number of carbonyl (C=O) groups excluding carboxylic acids is 1. The summed E-state index contributed by atoms with van der Waals surface area (Å²) >= 11 is 0. The van der Waals surface area contributed by atoms with Crippen molar-refractivity contribution in [1.82, 2.24) is 20.1 Å². The van der Waals surface area contributed by atoms with Crippen LogP contribution in [-0.4, -0.2) is 33.8 Å². The summed E-state index contributed by atoms with van der Waals surface area (Å²) < 4.78 is 1.69. The molecule has 0 saturated heterocycles. The molecule has 1 amide bonds. The molecule has 0 bridgehead atoms. The molecule has 6 nitrogen and oxygen atoms in total. The highest BCUT2D eigenvalue weighted by Crippen LogP contribution is 2.13. The minimum absolute atomic E-state index is 0. The molecule has 0 atom stereocenters. The molecule has 21 heavy (non-hydrogen) atoms. The molecular formula is C13H19Cl2N5O. The number of hydrogen-bond acceptors (Lipinski definition) is 4. The van der Waals surface area contributed by atoms with Crippen molar-refractivity contribution < 1.29 is 4.79 Å². The van der Waals surface area contributed by atoms with Crippen molar-refractivity contribution in [3.63, 3.8) is 0 Å². The maximum atomic E-state index is 12.0. The summed E-state index contributed by atoms with van der Waals surface area (Å²) in [5.74, 6) is 0.557. The molecule has 0 radical (unpaired) electrons. The van der Waals surface area contributed by atoms with E-state index in [4.69, 9.17) is 5.73 Å². The van der Waals surface area contributed by atoms with Crippen molar-refractivity contribution >= 4 is 30.7 Å². The van der Waals surface area contributed by atoms with Crippen molar-refractivity contribution in [2.75, 3.05) is 13.1 Å². The number of halogens is 2. The van der Waals surface area contributed by atoms with E-state index >= 15 is 0 Å². The van der Waals surface area contributed by atoms with E-state index in [1.54, 1.807) is 17.1 Å². The average Bonchev–Trinajstić information content (AvgIpc) is 2.89. The highest BCUT2D eigenvalue weighted by Gasteiger charge is 2.16. The van der Waals surface area contributed by atoms with E-state index in [1.165, 1.54) is 0 Å². The summed E-state index contributed by atoms with van der Waals surface area (Å²) in [6.45, 7) is 2.86. The maximum absolute atomic E-state index is 12.0. The van der Waals surface area contributed by atoms with Crippen LogP contribution in [0.3, 0.4) is 0 Å². The van der Waals surface area contributed by atoms with Gasteiger partial charge in [-0.05, 0) is 18.6 Å². The topological polar surface area (TPSA) is 85.8 Å². The Labute approximate surface area is 135 Å². The molecule has 0 fully saturated rings. The normalized spacial score (nSPS) is 9.43. The number of amides is 1. The summed E-state index contributed by atoms with van der Waals surface area (Å²) in [6, 6.07) is 5.58. The van der Waals surface area contributed by atoms with Crippen molar-refractivity contribution in [3.05, 3.63) is 41.9 Å². The van der Waals surface area contributed by atoms with E-state index in [2.05, 4.69) is 15.4 Å². The standard InChI is InChI=1S/C13H17N5O.2ClH/c1-2-11-10(13(19)16-8-6-14)9-17-18(11)12-5-3-4-7-15-12;;/h3-5,7,9H,2,6,8,14H2,1H3,(H,16,19);2*1H. The van der Waals surface area contributed by atoms with Gasteiger partial charge in [-0.3, -0.25) is 4.79 Å². The average molecular weight is 332 g/mol. The third-order valence-corrected chi connectivity index (χ3v) is 2.74. The van der Waals surface area contributed by atoms with Gasteiger partial charge in [-0.2, -0.15) is 5.10 Å². The van der Waals surface area contributed by atoms with Gasteiger partial charge in [0.2, 0.25) is 0 Å². The molecule has 0 saturated carbocycles. The first-order valence-electron chi connectivity index (χ1n) is 6.24. The highest BCUT2D eigenvalue weighted by molar-refractivity contribution is 5.95. The third kappa shape index (κ3) is 4.42. The van der Waals surface area contributed by atoms with Crippen molar-refractivity contribution in [1.29, 1.82) is 0 Å². The Morgan fingerprint density at radius 2 is 2.14 bits per heavy atom. The molecule has 0 spiro atoms. The summed E-state index contributed by atoms with van der Waals surface area (Å²) in [4.78, 5) is 16.2. The van der Waals surface area contributed by atoms with Gasteiger partial charge in [-0.15, -0.1) is 24.8 Å². The second-order valence-electron chi connectivity index (χ2n) is 4.00. The van der Waals surface area contributed by atoms with Gasteiger partial charge in [0.25, 0.3) is 5.91 Å². The summed E-state index contributed by atoms with van der Waals surface area (Å²) in [5.41, 5.74) is 6.79. The summed E-state index contributed by atoms with van der Waals surface area (Å²) in [7, 11) is 0. The van der Waals surface area contributed by atoms with Crippen LogP contribution in [0.5, 0.6) is 0 Å². The molecular weight excluding hydrogens is 313 g/mol. The minimum atomic E-state index is -0.149. The van der Waals surface area contributed by atoms with Crippen LogP contribution in [0.1, 0.15) is 23.0 Å². The fourth-order valence-corrected chi connectivity index (χ4v) is 1.86. The number of nitrogens with one attached hydrogen (secondary N) is 1. The van der Waals surface area contributed by atoms with Gasteiger partial charge in [0.05, 0.1) is 17.5 Å². The zero-order valence-corrected chi connectivity index (χ0v) is 13.3. The van der Waals surface area contributed by atoms with Gasteiger partial charge in [-0.25, -0.2) is 9.67 Å². The first-order valence-corrected chi connectivity index (χ1v) is 6.24. The van der Waals surface area contributed by atoms with Gasteiger partial charge in [-0.1, -0.05) is 13.0 Å². The highest BCUT2D eigenvalue weighted by atomic mass is 35.5. The fourth-order valence-electron chi connectivity index (χ4n) is 1.86. The van der Waals surface area contributed by atoms with Gasteiger partial charge >= 0.3 is 0 Å². The molecule has 2 rings (SSSR count). The second-order valence-corrected chi connectivity index (χ2v) is 4.00. The lowest BCUT2D eigenvalue weighted by Gasteiger charge is -2.07. The second kappa shape index (κ2) is 9.33. The van der Waals surface area contributed by atoms with Crippen LogP contribution in [0.4, 0.5) is 0 Å². The fraction of sp³-hybridized carbons (Fsp3) is 0.308. The van der Waals surface area contributed by atoms with Crippen molar-refractivity contribution in [3.8, 4) is 5.82 Å². The quantitative estimate of drug-likeness (QED) is 0.866. The molecule has 2 aromatic rings. The minimum Gasteiger partial charge on any atom is -0.351 e. The molecule has 8 heteroatoms. The monoisotopic (exact) mass is 331 g/mol. The maximum Gasteiger partial charge on any atom is 0.254 e. The molecule has 2 aromatic heterocycles. The lowest BCUT2D eigenvalue weighted by atomic mass is 10.2. The Balaban J connectivity index is 0.00000200. The molecule has 0 aliphatic rings. The molecule has 2 heterocycles. The van der Waals surface area contributed by atoms with Crippen LogP contribution in [0.2, 0.25) is 0 Å². The first kappa shape index (κ1) is 19.4. The lowest BCUT2D eigenvalue weighted by Crippen LogP contribution is -2.29. The van der Waals surface area contributed by atoms with Crippen LogP contribution in [0, 0.1) is 0 Å². The molecule has 0 aliphatic carbocycles. The van der Waals surface area contributed by atoms with Crippen molar-refractivity contribution in [2.24, 2.45) is 5.73 Å². The Hall–Kier alpha value is -1.63. The van der Waals surface area contributed by atoms with Crippen molar-refractivity contribution in [2.45, 2.75) is 13.3 Å². The number of rotatable bonds is 5. The number of nitrogens with two attached hydrogens (primary N) is 1. The zero-order valence-electron chi connectivity index (χ0n) is 11.7. The molecule has 116 valence electrons. The Kier molecular flexibility index (Phi) is 8.61. The van der Waals surface area contributed by atoms with Crippen LogP contribution in [0.15, 0.2) is 30.6 Å². The lowest BCUT2D eigenvalue weighted by molar-refractivity contribution is 0.0954. The SMILES string of the molecule is CCc1c(C(=O)NCCN)cnn1-c1ccccn1.Cl.Cl. The van der Waals surface area contributed by atoms with E-state index in [9.17, 15) is 4.79 Å². The van der Waals surface area contributed by atoms with Crippen LogP contribution in [-0.2, 0) is 6.42 Å². The van der Waals surface area contributed by atoms with Crippen LogP contribution >= 0.6 is 24.8 Å². The van der Waals surface area contributed by atoms with E-state index in [-0.39, 0.29) is 30.7 Å². The number of carbonyl (C=O) groups is 1. The number of pyridine rings is 1. The number of aromatic nitrogens is 3. The smallest absolute Gasteiger partial charge is 0.254 e. The molecule has 0 aliphatic heterocycles. The zero-order chi connectivity index (χ0) is 13.7. The van der Waals surface area contributed by atoms with Gasteiger partial charge in [0.1, 0.15) is 0 Å². The Morgan fingerprint density at radius 1 is 1.38 bits per heavy atom. The third-order valence-electron chi connectivity index (χ3n) is 2.74. The van der Waals surface area contributed by atoms with E-state index in [0.29, 0.717) is 30.9 Å². The van der Waals surface area contributed by atoms with Gasteiger partial charge < -0.3 is 11.1 Å². The van der Waals surface area contributed by atoms with E-state index < -0.39 is 0 Å². The Bertz CT molecular complexity index is 559. The number of nitrogens with zero attached hydrogens (tertiary/aromatic N) is 3. The Morgan fingerprint density at radius 3 is 2.71 bits per heavy atom. The van der Waals surface area contributed by atoms with Gasteiger partial charge in [0.15, 0.2) is 5.82 Å². The predicted molar refractivity (Wildman–Crippen MR) is 86.6 cm³/mol. The summed E-state index contributed by atoms with van der Waals surface area (Å²) in [5, 5.41) is 7.00. The predicted octanol–water partition coefficient (Wildman–Crippen LogP) is 1.36. The van der Waals surface area contributed by atoms with E-state index in [1.807, 2.05) is 25.1 Å². The molecule has 0 aromatic carbocycles. The summed E-state index contributed by atoms with van der Waals surface area (Å²) in [6.07, 6.45) is 3.96. The molecule has 3 N–H and O–H groups in total. The first-order chi connectivity index (χ1) is 9.27.